The highest BCUT2D eigenvalue weighted by Crippen LogP contribution is 2.24. The molecule has 0 saturated carbocycles. The summed E-state index contributed by atoms with van der Waals surface area (Å²) in [5.41, 5.74) is 1.82. The molecule has 1 aliphatic heterocycles. The normalized spacial score (nSPS) is 19.4. The lowest BCUT2D eigenvalue weighted by atomic mass is 10.00. The number of carbonyl (C=O) groups excluding carboxylic acids is 2. The predicted molar refractivity (Wildman–Crippen MR) is 110 cm³/mol. The Kier molecular flexibility index (Phi) is 5.84. The molecule has 0 radical (unpaired) electrons. The van der Waals surface area contributed by atoms with Gasteiger partial charge in [-0.1, -0.05) is 57.2 Å². The van der Waals surface area contributed by atoms with Gasteiger partial charge in [-0.05, 0) is 46.9 Å². The number of amides is 2. The largest absolute Gasteiger partial charge is 0.447 e. The van der Waals surface area contributed by atoms with Gasteiger partial charge in [-0.15, -0.1) is 0 Å². The van der Waals surface area contributed by atoms with Gasteiger partial charge >= 0.3 is 6.09 Å². The predicted octanol–water partition coefficient (Wildman–Crippen LogP) is 4.55. The lowest BCUT2D eigenvalue weighted by Crippen LogP contribution is -2.43. The Bertz CT molecular complexity index is 916. The zero-order valence-corrected chi connectivity index (χ0v) is 16.8. The van der Waals surface area contributed by atoms with Gasteiger partial charge in [0, 0.05) is 0 Å². The molecule has 0 aromatic heterocycles. The van der Waals surface area contributed by atoms with Crippen molar-refractivity contribution < 1.29 is 19.4 Å². The second kappa shape index (κ2) is 8.15. The summed E-state index contributed by atoms with van der Waals surface area (Å²) in [6.07, 6.45) is 2.63. The van der Waals surface area contributed by atoms with Crippen molar-refractivity contribution in [1.82, 2.24) is 4.90 Å². The van der Waals surface area contributed by atoms with Crippen molar-refractivity contribution in [3.63, 3.8) is 0 Å². The Morgan fingerprint density at radius 2 is 1.86 bits per heavy atom. The Balaban J connectivity index is 1.78. The second-order valence-corrected chi connectivity index (χ2v) is 7.79. The summed E-state index contributed by atoms with van der Waals surface area (Å²) in [7, 11) is 0. The van der Waals surface area contributed by atoms with Crippen LogP contribution in [0.3, 0.4) is 0 Å². The molecule has 5 heteroatoms. The van der Waals surface area contributed by atoms with Crippen LogP contribution in [-0.2, 0) is 9.53 Å². The van der Waals surface area contributed by atoms with Crippen LogP contribution in [-0.4, -0.2) is 34.7 Å². The number of imide groups is 1. The van der Waals surface area contributed by atoms with Crippen LogP contribution in [0.2, 0.25) is 0 Å². The minimum atomic E-state index is -0.555. The zero-order valence-electron chi connectivity index (χ0n) is 16.8. The molecule has 2 amide bonds. The van der Waals surface area contributed by atoms with Gasteiger partial charge < -0.3 is 9.84 Å². The van der Waals surface area contributed by atoms with E-state index in [1.54, 1.807) is 13.8 Å². The minimum absolute atomic E-state index is 0.148. The summed E-state index contributed by atoms with van der Waals surface area (Å²) in [6, 6.07) is 11.7. The Morgan fingerprint density at radius 1 is 1.14 bits per heavy atom. The van der Waals surface area contributed by atoms with Gasteiger partial charge in [-0.25, -0.2) is 9.69 Å². The van der Waals surface area contributed by atoms with E-state index in [1.165, 1.54) is 4.90 Å². The number of ether oxygens (including phenoxy) is 1. The lowest BCUT2D eigenvalue weighted by Gasteiger charge is -2.24. The van der Waals surface area contributed by atoms with Crippen LogP contribution in [0.5, 0.6) is 0 Å². The maximum absolute atomic E-state index is 12.8. The lowest BCUT2D eigenvalue weighted by molar-refractivity contribution is -0.132. The van der Waals surface area contributed by atoms with Gasteiger partial charge in [0.2, 0.25) is 5.91 Å². The van der Waals surface area contributed by atoms with Crippen LogP contribution < -0.4 is 0 Å². The van der Waals surface area contributed by atoms with Gasteiger partial charge in [-0.3, -0.25) is 4.79 Å². The molecule has 3 atom stereocenters. The second-order valence-electron chi connectivity index (χ2n) is 7.79. The molecule has 5 nitrogen and oxygen atoms in total. The van der Waals surface area contributed by atoms with E-state index in [9.17, 15) is 14.7 Å². The molecule has 2 aromatic carbocycles. The van der Waals surface area contributed by atoms with Crippen molar-refractivity contribution in [2.45, 2.75) is 39.8 Å². The quantitative estimate of drug-likeness (QED) is 0.825. The smallest absolute Gasteiger partial charge is 0.417 e. The highest BCUT2D eigenvalue weighted by molar-refractivity contribution is 5.96. The molecule has 0 aliphatic carbocycles. The van der Waals surface area contributed by atoms with E-state index in [4.69, 9.17) is 4.74 Å². The number of fused-ring (bicyclic) bond motifs is 1. The third-order valence-electron chi connectivity index (χ3n) is 5.25. The Hall–Kier alpha value is -2.66. The van der Waals surface area contributed by atoms with Gasteiger partial charge in [0.05, 0.1) is 18.1 Å². The summed E-state index contributed by atoms with van der Waals surface area (Å²) < 4.78 is 5.07. The van der Waals surface area contributed by atoms with Crippen molar-refractivity contribution >= 4 is 28.8 Å². The molecule has 0 bridgehead atoms. The van der Waals surface area contributed by atoms with Crippen LogP contribution in [0.1, 0.15) is 44.9 Å². The number of hydrogen-bond acceptors (Lipinski definition) is 4. The van der Waals surface area contributed by atoms with Crippen molar-refractivity contribution in [3.05, 3.63) is 53.6 Å². The molecule has 1 aliphatic rings. The number of hydrogen-bond donors (Lipinski definition) is 1. The highest BCUT2D eigenvalue weighted by Gasteiger charge is 2.40. The van der Waals surface area contributed by atoms with Crippen molar-refractivity contribution in [1.29, 1.82) is 0 Å². The fourth-order valence-corrected chi connectivity index (χ4v) is 3.38. The number of cyclic esters (lactones) is 1. The molecule has 1 fully saturated rings. The molecule has 1 saturated heterocycles. The molecule has 1 heterocycles. The van der Waals surface area contributed by atoms with E-state index in [1.807, 2.05) is 62.4 Å². The molecule has 1 unspecified atom stereocenters. The van der Waals surface area contributed by atoms with Crippen molar-refractivity contribution in [2.24, 2.45) is 11.8 Å². The average molecular weight is 381 g/mol. The van der Waals surface area contributed by atoms with E-state index in [0.717, 1.165) is 21.9 Å². The molecule has 3 rings (SSSR count). The van der Waals surface area contributed by atoms with E-state index < -0.39 is 18.1 Å². The number of benzene rings is 2. The van der Waals surface area contributed by atoms with E-state index in [0.29, 0.717) is 0 Å². The number of nitrogens with zero attached hydrogens (tertiary/aromatic N) is 1. The first-order valence-electron chi connectivity index (χ1n) is 9.67. The fraction of sp³-hybridized carbons (Fsp3) is 0.391. The topological polar surface area (TPSA) is 66.8 Å². The first-order valence-corrected chi connectivity index (χ1v) is 9.67. The molecular weight excluding hydrogens is 354 g/mol. The van der Waals surface area contributed by atoms with E-state index in [2.05, 4.69) is 0 Å². The van der Waals surface area contributed by atoms with Gasteiger partial charge in [0.25, 0.3) is 0 Å². The molecule has 1 N–H and O–H groups in total. The van der Waals surface area contributed by atoms with Gasteiger partial charge in [0.15, 0.2) is 0 Å². The van der Waals surface area contributed by atoms with Crippen LogP contribution in [0, 0.1) is 11.8 Å². The van der Waals surface area contributed by atoms with Crippen LogP contribution >= 0.6 is 0 Å². The fourth-order valence-electron chi connectivity index (χ4n) is 3.38. The summed E-state index contributed by atoms with van der Waals surface area (Å²) >= 11 is 0. The van der Waals surface area contributed by atoms with Crippen LogP contribution in [0.15, 0.2) is 42.5 Å². The number of carbonyl (C=O) groups is 2. The summed E-state index contributed by atoms with van der Waals surface area (Å²) in [5.74, 6) is -0.531. The highest BCUT2D eigenvalue weighted by atomic mass is 16.6. The molecular formula is C23H27NO4. The molecule has 148 valence electrons. The van der Waals surface area contributed by atoms with Crippen molar-refractivity contribution in [3.8, 4) is 0 Å². The first kappa shape index (κ1) is 20.1. The van der Waals surface area contributed by atoms with Crippen molar-refractivity contribution in [2.75, 3.05) is 6.61 Å². The van der Waals surface area contributed by atoms with Gasteiger partial charge in [-0.2, -0.15) is 0 Å². The summed E-state index contributed by atoms with van der Waals surface area (Å²) in [4.78, 5) is 26.0. The summed E-state index contributed by atoms with van der Waals surface area (Å²) in [6.45, 7) is 7.74. The van der Waals surface area contributed by atoms with E-state index >= 15 is 0 Å². The maximum Gasteiger partial charge on any atom is 0.417 e. The number of rotatable bonds is 5. The average Bonchev–Trinajstić information content (AvgIpc) is 3.06. The monoisotopic (exact) mass is 381 g/mol. The maximum atomic E-state index is 12.8. The van der Waals surface area contributed by atoms with Crippen LogP contribution in [0.25, 0.3) is 16.8 Å². The zero-order chi connectivity index (χ0) is 20.4. The Morgan fingerprint density at radius 3 is 2.54 bits per heavy atom. The SMILES string of the molecule is CC(C)C1COC(=O)N1C(=O)[C@H](C)/C=C/c1ccc2ccc([C@@H](C)O)cc2c1. The molecule has 0 spiro atoms. The third kappa shape index (κ3) is 4.09. The van der Waals surface area contributed by atoms with Crippen LogP contribution in [0.4, 0.5) is 4.79 Å². The first-order chi connectivity index (χ1) is 13.3. The standard InChI is InChI=1S/C23H27NO4/c1-14(2)21-13-28-23(27)24(21)22(26)15(3)5-6-17-7-8-18-9-10-19(16(4)25)12-20(18)11-17/h5-12,14-16,21,25H,13H2,1-4H3/b6-5+/t15-,16-,21?/m1/s1. The summed E-state index contributed by atoms with van der Waals surface area (Å²) in [5, 5.41) is 11.9. The Labute approximate surface area is 165 Å². The molecule has 2 aromatic rings. The van der Waals surface area contributed by atoms with E-state index in [-0.39, 0.29) is 24.5 Å². The minimum Gasteiger partial charge on any atom is -0.447 e. The van der Waals surface area contributed by atoms with Gasteiger partial charge in [0.1, 0.15) is 6.61 Å². The number of aliphatic hydroxyl groups is 1. The third-order valence-corrected chi connectivity index (χ3v) is 5.25. The number of aliphatic hydroxyl groups excluding tert-OH is 1. The molecule has 28 heavy (non-hydrogen) atoms.